The molecule has 4 rings (SSSR count). The Hall–Kier alpha value is -2.81. The van der Waals surface area contributed by atoms with Crippen LogP contribution in [0.5, 0.6) is 0 Å². The molecule has 1 aliphatic heterocycles. The fraction of sp³-hybridized carbons (Fsp3) is 0.519. The molecule has 1 amide bonds. The maximum absolute atomic E-state index is 13.0. The molecule has 35 heavy (non-hydrogen) atoms. The first-order valence-electron chi connectivity index (χ1n) is 12.6. The topological polar surface area (TPSA) is 112 Å². The molecule has 1 saturated heterocycles. The summed E-state index contributed by atoms with van der Waals surface area (Å²) >= 11 is 0. The third-order valence-corrected chi connectivity index (χ3v) is 7.11. The Balaban J connectivity index is 1.40. The Kier molecular flexibility index (Phi) is 8.49. The molecule has 188 valence electrons. The molecule has 0 bridgehead atoms. The number of nitrogens with zero attached hydrogens (tertiary/aromatic N) is 2. The summed E-state index contributed by atoms with van der Waals surface area (Å²) in [6, 6.07) is 11.4. The van der Waals surface area contributed by atoms with Gasteiger partial charge in [0, 0.05) is 37.1 Å². The van der Waals surface area contributed by atoms with Crippen LogP contribution in [0.2, 0.25) is 0 Å². The number of aromatic nitrogens is 1. The molecule has 1 aromatic carbocycles. The number of pyridine rings is 1. The SMILES string of the molecule is O=C(OC(=O)C1(O)CCCC1)N(CCCC(O)c1ccccc1-c1cccnc1)C1CCCNC1. The number of ether oxygens (including phenoxy) is 1. The van der Waals surface area contributed by atoms with E-state index in [0.717, 1.165) is 48.9 Å². The molecule has 3 N–H and O–H groups in total. The molecular weight excluding hydrogens is 446 g/mol. The molecule has 1 aliphatic carbocycles. The van der Waals surface area contributed by atoms with E-state index in [-0.39, 0.29) is 6.04 Å². The molecule has 0 radical (unpaired) electrons. The largest absolute Gasteiger partial charge is 0.417 e. The lowest BCUT2D eigenvalue weighted by Crippen LogP contribution is -2.51. The molecule has 8 heteroatoms. The number of esters is 1. The Morgan fingerprint density at radius 3 is 2.69 bits per heavy atom. The number of rotatable bonds is 8. The Morgan fingerprint density at radius 1 is 1.17 bits per heavy atom. The van der Waals surface area contributed by atoms with Crippen molar-refractivity contribution in [3.05, 3.63) is 54.4 Å². The third kappa shape index (κ3) is 6.25. The maximum Gasteiger partial charge on any atom is 0.417 e. The van der Waals surface area contributed by atoms with Gasteiger partial charge in [-0.25, -0.2) is 9.59 Å². The number of piperidine rings is 1. The van der Waals surface area contributed by atoms with E-state index in [4.69, 9.17) is 4.74 Å². The van der Waals surface area contributed by atoms with E-state index in [9.17, 15) is 19.8 Å². The van der Waals surface area contributed by atoms with Crippen molar-refractivity contribution in [1.29, 1.82) is 0 Å². The van der Waals surface area contributed by atoms with Gasteiger partial charge in [-0.1, -0.05) is 30.3 Å². The molecule has 2 aliphatic rings. The number of hydrogen-bond donors (Lipinski definition) is 3. The first kappa shape index (κ1) is 25.3. The van der Waals surface area contributed by atoms with Gasteiger partial charge in [0.2, 0.25) is 0 Å². The summed E-state index contributed by atoms with van der Waals surface area (Å²) in [6.45, 7) is 1.87. The lowest BCUT2D eigenvalue weighted by molar-refractivity contribution is -0.159. The summed E-state index contributed by atoms with van der Waals surface area (Å²) in [5.41, 5.74) is 1.12. The highest BCUT2D eigenvalue weighted by molar-refractivity contribution is 5.90. The quantitative estimate of drug-likeness (QED) is 0.390. The van der Waals surface area contributed by atoms with Crippen molar-refractivity contribution in [2.75, 3.05) is 19.6 Å². The van der Waals surface area contributed by atoms with Gasteiger partial charge in [-0.3, -0.25) is 4.98 Å². The summed E-state index contributed by atoms with van der Waals surface area (Å²) in [6.07, 6.45) is 6.92. The van der Waals surface area contributed by atoms with Crippen LogP contribution in [-0.4, -0.2) is 63.4 Å². The summed E-state index contributed by atoms with van der Waals surface area (Å²) in [4.78, 5) is 31.3. The van der Waals surface area contributed by atoms with Gasteiger partial charge in [0.15, 0.2) is 5.60 Å². The second kappa shape index (κ2) is 11.7. The van der Waals surface area contributed by atoms with Crippen molar-refractivity contribution in [3.63, 3.8) is 0 Å². The minimum absolute atomic E-state index is 0.0953. The molecule has 2 atom stereocenters. The molecule has 1 aromatic heterocycles. The summed E-state index contributed by atoms with van der Waals surface area (Å²) < 4.78 is 5.17. The van der Waals surface area contributed by atoms with E-state index in [1.165, 1.54) is 0 Å². The number of carbonyl (C=O) groups excluding carboxylic acids is 2. The molecule has 2 fully saturated rings. The lowest BCUT2D eigenvalue weighted by Gasteiger charge is -2.34. The van der Waals surface area contributed by atoms with Gasteiger partial charge < -0.3 is 25.2 Å². The standard InChI is InChI=1S/C27H35N3O5/c31-24(23-11-2-1-10-22(23)20-8-5-15-28-18-20)12-7-17-30(21-9-6-16-29-19-21)26(33)35-25(32)27(34)13-3-4-14-27/h1-2,5,8,10-11,15,18,21,24,29,31,34H,3-4,6-7,9,12-14,16-17,19H2. The second-order valence-corrected chi connectivity index (χ2v) is 9.57. The predicted molar refractivity (Wildman–Crippen MR) is 131 cm³/mol. The smallest absolute Gasteiger partial charge is 0.388 e. The van der Waals surface area contributed by atoms with Gasteiger partial charge in [0.25, 0.3) is 0 Å². The number of carbonyl (C=O) groups is 2. The molecule has 0 spiro atoms. The van der Waals surface area contributed by atoms with E-state index in [1.807, 2.05) is 36.4 Å². The lowest BCUT2D eigenvalue weighted by atomic mass is 9.95. The molecule has 1 saturated carbocycles. The van der Waals surface area contributed by atoms with Crippen LogP contribution in [0.4, 0.5) is 4.79 Å². The number of nitrogens with one attached hydrogen (secondary N) is 1. The van der Waals surface area contributed by atoms with Crippen LogP contribution in [-0.2, 0) is 9.53 Å². The van der Waals surface area contributed by atoms with E-state index in [2.05, 4.69) is 10.3 Å². The number of amides is 1. The molecule has 2 unspecified atom stereocenters. The second-order valence-electron chi connectivity index (χ2n) is 9.57. The summed E-state index contributed by atoms with van der Waals surface area (Å²) in [7, 11) is 0. The number of aliphatic hydroxyl groups is 2. The van der Waals surface area contributed by atoms with Crippen molar-refractivity contribution in [1.82, 2.24) is 15.2 Å². The summed E-state index contributed by atoms with van der Waals surface area (Å²) in [5.74, 6) is -0.848. The van der Waals surface area contributed by atoms with Crippen LogP contribution >= 0.6 is 0 Å². The first-order chi connectivity index (χ1) is 17.0. The first-order valence-corrected chi connectivity index (χ1v) is 12.6. The van der Waals surface area contributed by atoms with Crippen molar-refractivity contribution >= 4 is 12.1 Å². The Bertz CT molecular complexity index is 987. The van der Waals surface area contributed by atoms with Gasteiger partial charge in [-0.05, 0) is 75.1 Å². The van der Waals surface area contributed by atoms with Crippen LogP contribution in [0.15, 0.2) is 48.8 Å². The van der Waals surface area contributed by atoms with Gasteiger partial charge in [-0.2, -0.15) is 0 Å². The van der Waals surface area contributed by atoms with E-state index < -0.39 is 23.8 Å². The van der Waals surface area contributed by atoms with Crippen LogP contribution in [0.3, 0.4) is 0 Å². The van der Waals surface area contributed by atoms with Crippen LogP contribution in [0.1, 0.15) is 63.0 Å². The average molecular weight is 482 g/mol. The monoisotopic (exact) mass is 481 g/mol. The Labute approximate surface area is 206 Å². The minimum atomic E-state index is -1.56. The molecule has 8 nitrogen and oxygen atoms in total. The normalized spacial score (nSPS) is 20.2. The molecule has 2 aromatic rings. The highest BCUT2D eigenvalue weighted by Gasteiger charge is 2.42. The zero-order valence-corrected chi connectivity index (χ0v) is 20.1. The average Bonchev–Trinajstić information content (AvgIpc) is 3.35. The fourth-order valence-corrected chi connectivity index (χ4v) is 5.10. The van der Waals surface area contributed by atoms with Gasteiger partial charge >= 0.3 is 12.1 Å². The molecular formula is C27H35N3O5. The number of hydrogen-bond acceptors (Lipinski definition) is 7. The zero-order valence-electron chi connectivity index (χ0n) is 20.1. The van der Waals surface area contributed by atoms with Crippen LogP contribution < -0.4 is 5.32 Å². The van der Waals surface area contributed by atoms with Gasteiger partial charge in [0.05, 0.1) is 6.10 Å². The highest BCUT2D eigenvalue weighted by Crippen LogP contribution is 2.32. The van der Waals surface area contributed by atoms with E-state index >= 15 is 0 Å². The van der Waals surface area contributed by atoms with Crippen molar-refractivity contribution < 1.29 is 24.5 Å². The number of aliphatic hydroxyl groups excluding tert-OH is 1. The maximum atomic E-state index is 13.0. The molecule has 2 heterocycles. The summed E-state index contributed by atoms with van der Waals surface area (Å²) in [5, 5.41) is 24.8. The predicted octanol–water partition coefficient (Wildman–Crippen LogP) is 3.58. The van der Waals surface area contributed by atoms with Crippen LogP contribution in [0.25, 0.3) is 11.1 Å². The third-order valence-electron chi connectivity index (χ3n) is 7.11. The van der Waals surface area contributed by atoms with E-state index in [1.54, 1.807) is 17.3 Å². The van der Waals surface area contributed by atoms with E-state index in [0.29, 0.717) is 38.8 Å². The number of benzene rings is 1. The zero-order chi connectivity index (χ0) is 24.7. The Morgan fingerprint density at radius 2 is 1.97 bits per heavy atom. The fourth-order valence-electron chi connectivity index (χ4n) is 5.10. The highest BCUT2D eigenvalue weighted by atomic mass is 16.6. The minimum Gasteiger partial charge on any atom is -0.388 e. The van der Waals surface area contributed by atoms with Crippen molar-refractivity contribution in [2.24, 2.45) is 0 Å². The van der Waals surface area contributed by atoms with Gasteiger partial charge in [0.1, 0.15) is 0 Å². The van der Waals surface area contributed by atoms with Crippen molar-refractivity contribution in [2.45, 2.75) is 69.1 Å². The van der Waals surface area contributed by atoms with Crippen molar-refractivity contribution in [3.8, 4) is 11.1 Å². The van der Waals surface area contributed by atoms with Gasteiger partial charge in [-0.15, -0.1) is 0 Å². The van der Waals surface area contributed by atoms with Crippen LogP contribution in [0, 0.1) is 0 Å².